The van der Waals surface area contributed by atoms with Gasteiger partial charge < -0.3 is 14.4 Å². The molecule has 0 spiro atoms. The first-order valence-electron chi connectivity index (χ1n) is 12.1. The zero-order valence-corrected chi connectivity index (χ0v) is 18.8. The minimum Gasteiger partial charge on any atom is -0.455 e. The molecule has 3 aliphatic rings. The number of carbonyl (C=O) groups is 2. The molecule has 2 heterocycles. The van der Waals surface area contributed by atoms with Crippen LogP contribution in [-0.4, -0.2) is 36.2 Å². The Kier molecular flexibility index (Phi) is 5.33. The number of para-hydroxylation sites is 1. The van der Waals surface area contributed by atoms with Gasteiger partial charge in [-0.3, -0.25) is 0 Å². The predicted octanol–water partition coefficient (Wildman–Crippen LogP) is 5.12. The highest BCUT2D eigenvalue weighted by molar-refractivity contribution is 5.90. The topological polar surface area (TPSA) is 55.8 Å². The average molecular weight is 454 g/mol. The molecule has 1 aliphatic carbocycles. The number of benzene rings is 3. The van der Waals surface area contributed by atoms with Crippen molar-refractivity contribution in [1.82, 2.24) is 0 Å². The molecule has 5 heteroatoms. The van der Waals surface area contributed by atoms with Crippen molar-refractivity contribution in [2.45, 2.75) is 43.6 Å². The molecule has 3 aromatic rings. The maximum absolute atomic E-state index is 13.1. The number of anilines is 1. The molecule has 2 saturated heterocycles. The summed E-state index contributed by atoms with van der Waals surface area (Å²) in [6, 6.07) is 29.2. The fraction of sp³-hybridized carbons (Fsp3) is 0.310. The number of carbonyl (C=O) groups excluding carboxylic acids is 2. The molecular weight excluding hydrogens is 426 g/mol. The molecule has 2 aliphatic heterocycles. The summed E-state index contributed by atoms with van der Waals surface area (Å²) in [5, 5.41) is 0. The molecule has 6 atom stereocenters. The second-order valence-electron chi connectivity index (χ2n) is 9.48. The summed E-state index contributed by atoms with van der Waals surface area (Å²) in [4.78, 5) is 28.5. The second-order valence-corrected chi connectivity index (χ2v) is 9.48. The maximum atomic E-state index is 13.1. The Morgan fingerprint density at radius 3 is 1.82 bits per heavy atom. The number of nitrogens with zero attached hydrogens (tertiary/aromatic N) is 1. The van der Waals surface area contributed by atoms with Crippen molar-refractivity contribution in [2.75, 3.05) is 4.90 Å². The largest absolute Gasteiger partial charge is 0.455 e. The van der Waals surface area contributed by atoms with E-state index >= 15 is 0 Å². The third-order valence-electron chi connectivity index (χ3n) is 7.73. The Labute approximate surface area is 199 Å². The quantitative estimate of drug-likeness (QED) is 0.502. The van der Waals surface area contributed by atoms with E-state index in [0.717, 1.165) is 12.8 Å². The van der Waals surface area contributed by atoms with Gasteiger partial charge in [0.15, 0.2) is 0 Å². The van der Waals surface area contributed by atoms with Crippen LogP contribution in [0.25, 0.3) is 0 Å². The summed E-state index contributed by atoms with van der Waals surface area (Å²) in [6.45, 7) is 0. The third-order valence-corrected chi connectivity index (χ3v) is 7.73. The molecule has 0 amide bonds. The van der Waals surface area contributed by atoms with Crippen molar-refractivity contribution in [3.8, 4) is 0 Å². The molecule has 172 valence electrons. The van der Waals surface area contributed by atoms with Gasteiger partial charge in [-0.2, -0.15) is 0 Å². The highest BCUT2D eigenvalue weighted by Gasteiger charge is 2.63. The van der Waals surface area contributed by atoms with Crippen LogP contribution in [0.15, 0.2) is 91.0 Å². The van der Waals surface area contributed by atoms with Gasteiger partial charge in [-0.1, -0.05) is 54.6 Å². The van der Waals surface area contributed by atoms with Crippen LogP contribution in [0.2, 0.25) is 0 Å². The summed E-state index contributed by atoms with van der Waals surface area (Å²) < 4.78 is 12.2. The van der Waals surface area contributed by atoms with Crippen molar-refractivity contribution in [3.05, 3.63) is 102 Å². The van der Waals surface area contributed by atoms with Crippen LogP contribution in [0.5, 0.6) is 0 Å². The smallest absolute Gasteiger partial charge is 0.338 e. The van der Waals surface area contributed by atoms with Crippen LogP contribution in [0.3, 0.4) is 0 Å². The van der Waals surface area contributed by atoms with E-state index in [0.29, 0.717) is 29.5 Å². The van der Waals surface area contributed by atoms with Crippen LogP contribution in [0.1, 0.15) is 40.0 Å². The molecule has 2 bridgehead atoms. The first-order chi connectivity index (χ1) is 16.7. The molecule has 0 aromatic heterocycles. The molecule has 5 nitrogen and oxygen atoms in total. The summed E-state index contributed by atoms with van der Waals surface area (Å²) in [5.41, 5.74) is 2.25. The summed E-state index contributed by atoms with van der Waals surface area (Å²) >= 11 is 0. The third kappa shape index (κ3) is 3.56. The first-order valence-corrected chi connectivity index (χ1v) is 12.1. The van der Waals surface area contributed by atoms with E-state index < -0.39 is 12.2 Å². The van der Waals surface area contributed by atoms with Crippen molar-refractivity contribution in [3.63, 3.8) is 0 Å². The Balaban J connectivity index is 1.29. The van der Waals surface area contributed by atoms with Crippen LogP contribution in [0.4, 0.5) is 5.69 Å². The van der Waals surface area contributed by atoms with Gasteiger partial charge in [-0.05, 0) is 61.6 Å². The van der Waals surface area contributed by atoms with E-state index in [-0.39, 0.29) is 23.9 Å². The molecule has 0 N–H and O–H groups in total. The van der Waals surface area contributed by atoms with E-state index in [1.807, 2.05) is 42.5 Å². The van der Waals surface area contributed by atoms with Crippen molar-refractivity contribution < 1.29 is 19.1 Å². The average Bonchev–Trinajstić information content (AvgIpc) is 3.56. The second kappa shape index (κ2) is 8.64. The van der Waals surface area contributed by atoms with Gasteiger partial charge in [-0.25, -0.2) is 9.59 Å². The Morgan fingerprint density at radius 2 is 1.21 bits per heavy atom. The summed E-state index contributed by atoms with van der Waals surface area (Å²) in [7, 11) is 0. The molecule has 1 saturated carbocycles. The number of esters is 2. The summed E-state index contributed by atoms with van der Waals surface area (Å²) in [5.74, 6) is -0.263. The lowest BCUT2D eigenvalue weighted by Crippen LogP contribution is -2.41. The Bertz CT molecular complexity index is 1170. The molecule has 3 aromatic carbocycles. The highest BCUT2D eigenvalue weighted by atomic mass is 16.6. The zero-order valence-electron chi connectivity index (χ0n) is 18.8. The lowest BCUT2D eigenvalue weighted by atomic mass is 9.81. The number of hydrogen-bond donors (Lipinski definition) is 0. The van der Waals surface area contributed by atoms with Gasteiger partial charge in [0.25, 0.3) is 0 Å². The maximum Gasteiger partial charge on any atom is 0.338 e. The van der Waals surface area contributed by atoms with E-state index in [4.69, 9.17) is 9.47 Å². The standard InChI is InChI=1S/C29H27NO4/c31-28(19-10-4-1-5-11-19)33-25-18-22-23-16-17-24(30(23)21-14-8-3-9-15-21)26(22)27(25)34-29(32)20-12-6-2-7-13-20/h1-15,22-27H,16-18H2. The van der Waals surface area contributed by atoms with E-state index in [2.05, 4.69) is 29.2 Å². The zero-order chi connectivity index (χ0) is 23.1. The van der Waals surface area contributed by atoms with Crippen LogP contribution >= 0.6 is 0 Å². The SMILES string of the molecule is O=C(OC1CC2C(C1OC(=O)c1ccccc1)C1CCC2N1c1ccccc1)c1ccccc1. The minimum atomic E-state index is -0.466. The highest BCUT2D eigenvalue weighted by Crippen LogP contribution is 2.56. The molecular formula is C29H27NO4. The van der Waals surface area contributed by atoms with Crippen molar-refractivity contribution in [2.24, 2.45) is 11.8 Å². The van der Waals surface area contributed by atoms with Gasteiger partial charge in [0.2, 0.25) is 0 Å². The van der Waals surface area contributed by atoms with E-state index in [1.165, 1.54) is 5.69 Å². The summed E-state index contributed by atoms with van der Waals surface area (Å²) in [6.07, 6.45) is 1.96. The molecule has 6 rings (SSSR count). The molecule has 0 radical (unpaired) electrons. The predicted molar refractivity (Wildman–Crippen MR) is 129 cm³/mol. The van der Waals surface area contributed by atoms with E-state index in [1.54, 1.807) is 24.3 Å². The van der Waals surface area contributed by atoms with Gasteiger partial charge in [0.05, 0.1) is 11.1 Å². The monoisotopic (exact) mass is 453 g/mol. The van der Waals surface area contributed by atoms with Gasteiger partial charge in [-0.15, -0.1) is 0 Å². The van der Waals surface area contributed by atoms with Gasteiger partial charge >= 0.3 is 11.9 Å². The number of ether oxygens (including phenoxy) is 2. The van der Waals surface area contributed by atoms with Crippen LogP contribution in [0, 0.1) is 11.8 Å². The molecule has 6 unspecified atom stereocenters. The van der Waals surface area contributed by atoms with Crippen LogP contribution < -0.4 is 4.90 Å². The van der Waals surface area contributed by atoms with E-state index in [9.17, 15) is 9.59 Å². The first kappa shape index (κ1) is 21.0. The minimum absolute atomic E-state index is 0.139. The fourth-order valence-electron chi connectivity index (χ4n) is 6.43. The van der Waals surface area contributed by atoms with Gasteiger partial charge in [0, 0.05) is 23.7 Å². The normalized spacial score (nSPS) is 29.0. The number of fused-ring (bicyclic) bond motifs is 5. The van der Waals surface area contributed by atoms with Crippen molar-refractivity contribution >= 4 is 17.6 Å². The van der Waals surface area contributed by atoms with Crippen LogP contribution in [-0.2, 0) is 9.47 Å². The lowest BCUT2D eigenvalue weighted by Gasteiger charge is -2.31. The fourth-order valence-corrected chi connectivity index (χ4v) is 6.43. The Hall–Kier alpha value is -3.60. The van der Waals surface area contributed by atoms with Gasteiger partial charge in [0.1, 0.15) is 12.2 Å². The van der Waals surface area contributed by atoms with Crippen molar-refractivity contribution in [1.29, 1.82) is 0 Å². The Morgan fingerprint density at radius 1 is 0.676 bits per heavy atom. The molecule has 34 heavy (non-hydrogen) atoms. The molecule has 3 fully saturated rings. The lowest BCUT2D eigenvalue weighted by molar-refractivity contribution is -0.0376. The number of hydrogen-bond acceptors (Lipinski definition) is 5. The number of rotatable bonds is 5.